The average Bonchev–Trinajstić information content (AvgIpc) is 2.73. The lowest BCUT2D eigenvalue weighted by atomic mass is 10.2. The summed E-state index contributed by atoms with van der Waals surface area (Å²) in [5.74, 6) is 0.249. The molecule has 1 heterocycles. The third kappa shape index (κ3) is 3.05. The van der Waals surface area contributed by atoms with Gasteiger partial charge in [-0.25, -0.2) is 0 Å². The van der Waals surface area contributed by atoms with Crippen molar-refractivity contribution in [1.29, 1.82) is 0 Å². The van der Waals surface area contributed by atoms with Crippen molar-refractivity contribution < 1.29 is 9.66 Å². The first-order chi connectivity index (χ1) is 9.47. The van der Waals surface area contributed by atoms with Crippen molar-refractivity contribution in [2.45, 2.75) is 20.0 Å². The maximum atomic E-state index is 11.3. The summed E-state index contributed by atoms with van der Waals surface area (Å²) in [5.41, 5.74) is 0.975. The molecule has 1 aromatic heterocycles. The summed E-state index contributed by atoms with van der Waals surface area (Å²) in [6.07, 6.45) is 3.20. The molecule has 0 bridgehead atoms. The van der Waals surface area contributed by atoms with E-state index in [1.54, 1.807) is 42.3 Å². The van der Waals surface area contributed by atoms with Crippen LogP contribution in [0.3, 0.4) is 0 Å². The molecule has 0 saturated heterocycles. The monoisotopic (exact) mass is 276 g/mol. The molecule has 1 N–H and O–H groups in total. The van der Waals surface area contributed by atoms with Gasteiger partial charge in [0.05, 0.1) is 22.9 Å². The predicted molar refractivity (Wildman–Crippen MR) is 75.4 cm³/mol. The van der Waals surface area contributed by atoms with Crippen molar-refractivity contribution >= 4 is 17.1 Å². The molecule has 0 fully saturated rings. The lowest BCUT2D eigenvalue weighted by molar-refractivity contribution is -0.385. The van der Waals surface area contributed by atoms with Crippen LogP contribution < -0.4 is 10.1 Å². The molecule has 7 heteroatoms. The number of rotatable bonds is 5. The molecule has 0 aliphatic carbocycles. The molecule has 20 heavy (non-hydrogen) atoms. The third-order valence-corrected chi connectivity index (χ3v) is 2.53. The smallest absolute Gasteiger partial charge is 0.334 e. The Labute approximate surface area is 116 Å². The number of nitrogens with one attached hydrogen (secondary N) is 1. The topological polar surface area (TPSA) is 82.2 Å². The summed E-state index contributed by atoms with van der Waals surface area (Å²) in [4.78, 5) is 10.8. The minimum Gasteiger partial charge on any atom is -0.484 e. The Morgan fingerprint density at radius 2 is 2.20 bits per heavy atom. The van der Waals surface area contributed by atoms with Crippen LogP contribution in [0.25, 0.3) is 0 Å². The summed E-state index contributed by atoms with van der Waals surface area (Å²) >= 11 is 0. The number of hydrogen-bond acceptors (Lipinski definition) is 5. The van der Waals surface area contributed by atoms with E-state index in [2.05, 4.69) is 10.4 Å². The zero-order valence-corrected chi connectivity index (χ0v) is 11.5. The summed E-state index contributed by atoms with van der Waals surface area (Å²) in [7, 11) is 1.78. The van der Waals surface area contributed by atoms with E-state index in [0.717, 1.165) is 0 Å². The number of benzene rings is 1. The first kappa shape index (κ1) is 13.9. The van der Waals surface area contributed by atoms with Crippen LogP contribution in [0.5, 0.6) is 5.75 Å². The Bertz CT molecular complexity index is 622. The van der Waals surface area contributed by atoms with Crippen molar-refractivity contribution in [3.8, 4) is 5.75 Å². The van der Waals surface area contributed by atoms with Crippen molar-refractivity contribution in [3.05, 3.63) is 40.7 Å². The molecule has 0 aliphatic rings. The molecule has 0 atom stereocenters. The molecule has 7 nitrogen and oxygen atoms in total. The van der Waals surface area contributed by atoms with Crippen LogP contribution in [-0.2, 0) is 7.05 Å². The first-order valence-electron chi connectivity index (χ1n) is 6.17. The highest BCUT2D eigenvalue weighted by Crippen LogP contribution is 2.36. The number of nitro benzene ring substituents is 1. The van der Waals surface area contributed by atoms with E-state index in [1.165, 1.54) is 0 Å². The fourth-order valence-corrected chi connectivity index (χ4v) is 1.80. The van der Waals surface area contributed by atoms with E-state index in [0.29, 0.717) is 11.4 Å². The van der Waals surface area contributed by atoms with E-state index in [1.807, 2.05) is 13.8 Å². The summed E-state index contributed by atoms with van der Waals surface area (Å²) < 4.78 is 7.10. The van der Waals surface area contributed by atoms with Crippen LogP contribution in [0.1, 0.15) is 13.8 Å². The van der Waals surface area contributed by atoms with Gasteiger partial charge in [0.25, 0.3) is 0 Å². The molecular weight excluding hydrogens is 260 g/mol. The van der Waals surface area contributed by atoms with Crippen LogP contribution in [0.4, 0.5) is 17.1 Å². The molecule has 0 saturated carbocycles. The van der Waals surface area contributed by atoms with Crippen LogP contribution in [0.2, 0.25) is 0 Å². The SMILES string of the molecule is CC(C)Oc1cccc(Nc2cnn(C)c2)c1[N+](=O)[O-]. The predicted octanol–water partition coefficient (Wildman–Crippen LogP) is 2.86. The van der Waals surface area contributed by atoms with Crippen LogP contribution in [0, 0.1) is 10.1 Å². The minimum absolute atomic E-state index is 0.0787. The molecule has 0 unspecified atom stereocenters. The van der Waals surface area contributed by atoms with Crippen molar-refractivity contribution in [2.75, 3.05) is 5.32 Å². The van der Waals surface area contributed by atoms with Crippen molar-refractivity contribution in [1.82, 2.24) is 9.78 Å². The van der Waals surface area contributed by atoms with Crippen LogP contribution >= 0.6 is 0 Å². The van der Waals surface area contributed by atoms with Crippen molar-refractivity contribution in [2.24, 2.45) is 7.05 Å². The Balaban J connectivity index is 2.39. The number of aryl methyl sites for hydroxylation is 1. The second kappa shape index (κ2) is 5.60. The Kier molecular flexibility index (Phi) is 3.88. The summed E-state index contributed by atoms with van der Waals surface area (Å²) in [6.45, 7) is 3.65. The Morgan fingerprint density at radius 1 is 1.45 bits per heavy atom. The number of nitrogens with zero attached hydrogens (tertiary/aromatic N) is 3. The van der Waals surface area contributed by atoms with Gasteiger partial charge in [0.2, 0.25) is 0 Å². The average molecular weight is 276 g/mol. The van der Waals surface area contributed by atoms with Gasteiger partial charge in [0, 0.05) is 13.2 Å². The summed E-state index contributed by atoms with van der Waals surface area (Å²) in [6, 6.07) is 4.94. The fraction of sp³-hybridized carbons (Fsp3) is 0.308. The number of para-hydroxylation sites is 1. The van der Waals surface area contributed by atoms with E-state index >= 15 is 0 Å². The summed E-state index contributed by atoms with van der Waals surface area (Å²) in [5, 5.41) is 18.3. The number of anilines is 2. The highest BCUT2D eigenvalue weighted by atomic mass is 16.6. The first-order valence-corrected chi connectivity index (χ1v) is 6.17. The van der Waals surface area contributed by atoms with Crippen molar-refractivity contribution in [3.63, 3.8) is 0 Å². The lowest BCUT2D eigenvalue weighted by Crippen LogP contribution is -2.08. The van der Waals surface area contributed by atoms with Gasteiger partial charge in [0.15, 0.2) is 5.75 Å². The van der Waals surface area contributed by atoms with Gasteiger partial charge in [-0.3, -0.25) is 14.8 Å². The van der Waals surface area contributed by atoms with Gasteiger partial charge in [-0.1, -0.05) is 6.07 Å². The molecule has 0 amide bonds. The molecule has 0 radical (unpaired) electrons. The van der Waals surface area contributed by atoms with E-state index in [9.17, 15) is 10.1 Å². The molecule has 0 spiro atoms. The highest BCUT2D eigenvalue weighted by molar-refractivity contribution is 5.73. The second-order valence-corrected chi connectivity index (χ2v) is 4.60. The van der Waals surface area contributed by atoms with Gasteiger partial charge in [0.1, 0.15) is 5.69 Å². The Hall–Kier alpha value is -2.57. The van der Waals surface area contributed by atoms with Gasteiger partial charge < -0.3 is 10.1 Å². The number of aromatic nitrogens is 2. The Morgan fingerprint density at radius 3 is 2.75 bits per heavy atom. The second-order valence-electron chi connectivity index (χ2n) is 4.60. The largest absolute Gasteiger partial charge is 0.484 e. The van der Waals surface area contributed by atoms with Crippen LogP contribution in [-0.4, -0.2) is 20.8 Å². The molecule has 1 aromatic carbocycles. The van der Waals surface area contributed by atoms with Gasteiger partial charge in [-0.15, -0.1) is 0 Å². The van der Waals surface area contributed by atoms with Gasteiger partial charge >= 0.3 is 5.69 Å². The standard InChI is InChI=1S/C13H16N4O3/c1-9(2)20-12-6-4-5-11(13(12)17(18)19)15-10-7-14-16(3)8-10/h4-9,15H,1-3H3. The molecule has 0 aliphatic heterocycles. The van der Waals surface area contributed by atoms with E-state index in [-0.39, 0.29) is 17.5 Å². The molecule has 2 rings (SSSR count). The quantitative estimate of drug-likeness (QED) is 0.670. The molecule has 106 valence electrons. The van der Waals surface area contributed by atoms with E-state index < -0.39 is 4.92 Å². The maximum absolute atomic E-state index is 11.3. The zero-order chi connectivity index (χ0) is 14.7. The number of hydrogen-bond donors (Lipinski definition) is 1. The van der Waals surface area contributed by atoms with Gasteiger partial charge in [-0.2, -0.15) is 5.10 Å². The maximum Gasteiger partial charge on any atom is 0.334 e. The minimum atomic E-state index is -0.448. The number of ether oxygens (including phenoxy) is 1. The molecule has 2 aromatic rings. The normalized spacial score (nSPS) is 10.6. The van der Waals surface area contributed by atoms with Gasteiger partial charge in [-0.05, 0) is 26.0 Å². The molecular formula is C13H16N4O3. The zero-order valence-electron chi connectivity index (χ0n) is 11.5. The fourth-order valence-electron chi connectivity index (χ4n) is 1.80. The number of nitro groups is 1. The third-order valence-electron chi connectivity index (χ3n) is 2.53. The highest BCUT2D eigenvalue weighted by Gasteiger charge is 2.22. The lowest BCUT2D eigenvalue weighted by Gasteiger charge is -2.12. The van der Waals surface area contributed by atoms with E-state index in [4.69, 9.17) is 4.74 Å². The van der Waals surface area contributed by atoms with Crippen LogP contribution in [0.15, 0.2) is 30.6 Å².